The van der Waals surface area contributed by atoms with E-state index in [2.05, 4.69) is 10.6 Å². The van der Waals surface area contributed by atoms with Gasteiger partial charge in [-0.25, -0.2) is 0 Å². The van der Waals surface area contributed by atoms with E-state index in [4.69, 9.17) is 4.74 Å². The van der Waals surface area contributed by atoms with Crippen LogP contribution in [0.5, 0.6) is 5.75 Å². The van der Waals surface area contributed by atoms with Crippen molar-refractivity contribution in [3.8, 4) is 5.75 Å². The maximum atomic E-state index is 12.2. The van der Waals surface area contributed by atoms with Gasteiger partial charge in [0, 0.05) is 11.3 Å². The van der Waals surface area contributed by atoms with E-state index in [0.29, 0.717) is 11.3 Å². The molecule has 0 aliphatic carbocycles. The molecule has 0 bridgehead atoms. The van der Waals surface area contributed by atoms with Crippen LogP contribution in [0.2, 0.25) is 0 Å². The summed E-state index contributed by atoms with van der Waals surface area (Å²) in [6, 6.07) is 4.40. The first-order valence-electron chi connectivity index (χ1n) is 7.20. The molecule has 1 aliphatic rings. The van der Waals surface area contributed by atoms with Gasteiger partial charge in [-0.15, -0.1) is 12.4 Å². The highest BCUT2D eigenvalue weighted by atomic mass is 35.5. The zero-order valence-corrected chi connectivity index (χ0v) is 13.5. The minimum absolute atomic E-state index is 0. The van der Waals surface area contributed by atoms with Crippen molar-refractivity contribution in [2.45, 2.75) is 38.4 Å². The van der Waals surface area contributed by atoms with Crippen LogP contribution in [-0.2, 0) is 4.79 Å². The summed E-state index contributed by atoms with van der Waals surface area (Å²) in [5.74, 6) is -0.0532. The molecule has 0 saturated carbocycles. The number of hydrogen-bond donors (Lipinski definition) is 2. The highest BCUT2D eigenvalue weighted by Crippen LogP contribution is 2.27. The maximum Gasteiger partial charge on any atom is 0.422 e. The van der Waals surface area contributed by atoms with Crippen molar-refractivity contribution in [2.24, 2.45) is 0 Å². The molecule has 23 heavy (non-hydrogen) atoms. The summed E-state index contributed by atoms with van der Waals surface area (Å²) < 4.78 is 41.4. The molecular formula is C15H20ClF3N2O2. The van der Waals surface area contributed by atoms with Crippen molar-refractivity contribution in [2.75, 3.05) is 18.5 Å². The van der Waals surface area contributed by atoms with Crippen molar-refractivity contribution in [3.05, 3.63) is 23.8 Å². The van der Waals surface area contributed by atoms with Gasteiger partial charge in [0.15, 0.2) is 6.61 Å². The average molecular weight is 353 g/mol. The lowest BCUT2D eigenvalue weighted by molar-refractivity contribution is -0.153. The predicted molar refractivity (Wildman–Crippen MR) is 84.2 cm³/mol. The second-order valence-corrected chi connectivity index (χ2v) is 5.32. The van der Waals surface area contributed by atoms with Crippen LogP contribution in [0.1, 0.15) is 24.8 Å². The first-order valence-corrected chi connectivity index (χ1v) is 7.20. The van der Waals surface area contributed by atoms with Crippen molar-refractivity contribution < 1.29 is 22.7 Å². The van der Waals surface area contributed by atoms with Gasteiger partial charge in [0.1, 0.15) is 5.75 Å². The van der Waals surface area contributed by atoms with Crippen molar-refractivity contribution in [1.29, 1.82) is 0 Å². The summed E-state index contributed by atoms with van der Waals surface area (Å²) >= 11 is 0. The van der Waals surface area contributed by atoms with Crippen molar-refractivity contribution >= 4 is 24.0 Å². The molecule has 1 amide bonds. The molecule has 2 rings (SSSR count). The summed E-state index contributed by atoms with van der Waals surface area (Å²) in [4.78, 5) is 12.2. The molecule has 1 heterocycles. The minimum Gasteiger partial charge on any atom is -0.484 e. The predicted octanol–water partition coefficient (Wildman–Crippen LogP) is 3.44. The Hall–Kier alpha value is -1.47. The van der Waals surface area contributed by atoms with E-state index in [-0.39, 0.29) is 30.1 Å². The van der Waals surface area contributed by atoms with Crippen LogP contribution in [0.4, 0.5) is 18.9 Å². The number of carbonyl (C=O) groups excluding carboxylic acids is 1. The lowest BCUT2D eigenvalue weighted by atomic mass is 10.0. The Morgan fingerprint density at radius 1 is 1.39 bits per heavy atom. The fraction of sp³-hybridized carbons (Fsp3) is 0.533. The maximum absolute atomic E-state index is 12.2. The minimum atomic E-state index is -4.39. The number of piperidine rings is 1. The number of rotatable bonds is 4. The Balaban J connectivity index is 0.00000264. The largest absolute Gasteiger partial charge is 0.484 e. The van der Waals surface area contributed by atoms with Crippen LogP contribution in [-0.4, -0.2) is 31.3 Å². The number of anilines is 1. The van der Waals surface area contributed by atoms with Gasteiger partial charge >= 0.3 is 6.18 Å². The van der Waals surface area contributed by atoms with E-state index < -0.39 is 12.8 Å². The molecule has 0 radical (unpaired) electrons. The standard InChI is InChI=1S/C15H19F3N2O2.ClH/c1-10-11(20-14(21)12-5-2-3-8-19-12)6-4-7-13(10)22-9-15(16,17)18;/h4,6-7,12,19H,2-3,5,8-9H2,1H3,(H,20,21);1H/t12-;/m0./s1. The number of halogens is 4. The molecular weight excluding hydrogens is 333 g/mol. The smallest absolute Gasteiger partial charge is 0.422 e. The van der Waals surface area contributed by atoms with Crippen LogP contribution in [0.25, 0.3) is 0 Å². The molecule has 0 unspecified atom stereocenters. The Morgan fingerprint density at radius 3 is 2.74 bits per heavy atom. The fourth-order valence-electron chi connectivity index (χ4n) is 2.36. The van der Waals surface area contributed by atoms with Crippen LogP contribution >= 0.6 is 12.4 Å². The normalized spacial score (nSPS) is 18.0. The molecule has 1 saturated heterocycles. The number of hydrogen-bond acceptors (Lipinski definition) is 3. The Kier molecular flexibility index (Phi) is 7.15. The highest BCUT2D eigenvalue weighted by Gasteiger charge is 2.29. The molecule has 130 valence electrons. The number of alkyl halides is 3. The molecule has 0 aromatic heterocycles. The van der Waals surface area contributed by atoms with E-state index in [0.717, 1.165) is 25.8 Å². The van der Waals surface area contributed by atoms with Gasteiger partial charge in [-0.1, -0.05) is 12.5 Å². The van der Waals surface area contributed by atoms with Gasteiger partial charge in [0.05, 0.1) is 6.04 Å². The number of nitrogens with one attached hydrogen (secondary N) is 2. The first-order chi connectivity index (χ1) is 10.4. The lowest BCUT2D eigenvalue weighted by Crippen LogP contribution is -2.43. The number of ether oxygens (including phenoxy) is 1. The van der Waals surface area contributed by atoms with Crippen LogP contribution in [0.3, 0.4) is 0 Å². The lowest BCUT2D eigenvalue weighted by Gasteiger charge is -2.23. The van der Waals surface area contributed by atoms with E-state index in [1.165, 1.54) is 6.07 Å². The van der Waals surface area contributed by atoms with Crippen LogP contribution < -0.4 is 15.4 Å². The molecule has 1 atom stereocenters. The molecule has 8 heteroatoms. The average Bonchev–Trinajstić information content (AvgIpc) is 2.48. The summed E-state index contributed by atoms with van der Waals surface area (Å²) in [6.07, 6.45) is -1.60. The monoisotopic (exact) mass is 352 g/mol. The topological polar surface area (TPSA) is 50.4 Å². The van der Waals surface area contributed by atoms with Gasteiger partial charge in [0.2, 0.25) is 5.91 Å². The summed E-state index contributed by atoms with van der Waals surface area (Å²) in [6.45, 7) is 1.07. The zero-order chi connectivity index (χ0) is 16.2. The van der Waals surface area contributed by atoms with Gasteiger partial charge in [-0.2, -0.15) is 13.2 Å². The third kappa shape index (κ3) is 5.91. The molecule has 2 N–H and O–H groups in total. The molecule has 0 spiro atoms. The second-order valence-electron chi connectivity index (χ2n) is 5.32. The summed E-state index contributed by atoms with van der Waals surface area (Å²) in [7, 11) is 0. The third-order valence-electron chi connectivity index (χ3n) is 3.56. The van der Waals surface area contributed by atoms with Crippen LogP contribution in [0.15, 0.2) is 18.2 Å². The van der Waals surface area contributed by atoms with Gasteiger partial charge in [0.25, 0.3) is 0 Å². The SMILES string of the molecule is Cc1c(NC(=O)[C@@H]2CCCCN2)cccc1OCC(F)(F)F.Cl. The Labute approximate surface area is 139 Å². The Bertz CT molecular complexity index is 532. The molecule has 1 aromatic rings. The van der Waals surface area contributed by atoms with E-state index >= 15 is 0 Å². The van der Waals surface area contributed by atoms with Crippen LogP contribution in [0, 0.1) is 6.92 Å². The summed E-state index contributed by atoms with van der Waals surface area (Å²) in [5.41, 5.74) is 0.952. The zero-order valence-electron chi connectivity index (χ0n) is 12.7. The van der Waals surface area contributed by atoms with Crippen molar-refractivity contribution in [1.82, 2.24) is 5.32 Å². The number of carbonyl (C=O) groups is 1. The van der Waals surface area contributed by atoms with E-state index in [1.807, 2.05) is 0 Å². The molecule has 4 nitrogen and oxygen atoms in total. The Morgan fingerprint density at radius 2 is 2.13 bits per heavy atom. The number of amides is 1. The number of benzene rings is 1. The third-order valence-corrected chi connectivity index (χ3v) is 3.56. The van der Waals surface area contributed by atoms with Crippen molar-refractivity contribution in [3.63, 3.8) is 0 Å². The van der Waals surface area contributed by atoms with Gasteiger partial charge in [-0.3, -0.25) is 4.79 Å². The van der Waals surface area contributed by atoms with E-state index in [1.54, 1.807) is 19.1 Å². The quantitative estimate of drug-likeness (QED) is 0.872. The summed E-state index contributed by atoms with van der Waals surface area (Å²) in [5, 5.41) is 5.88. The molecule has 1 aromatic carbocycles. The molecule has 1 aliphatic heterocycles. The fourth-order valence-corrected chi connectivity index (χ4v) is 2.36. The molecule has 1 fully saturated rings. The van der Waals surface area contributed by atoms with E-state index in [9.17, 15) is 18.0 Å². The highest BCUT2D eigenvalue weighted by molar-refractivity contribution is 5.95. The first kappa shape index (κ1) is 19.6. The second kappa shape index (κ2) is 8.40. The van der Waals surface area contributed by atoms with Gasteiger partial charge < -0.3 is 15.4 Å². The van der Waals surface area contributed by atoms with Gasteiger partial charge in [-0.05, 0) is 38.4 Å².